The van der Waals surface area contributed by atoms with Crippen LogP contribution in [0.2, 0.25) is 0 Å². The number of ether oxygens (including phenoxy) is 2. The molecule has 0 aliphatic heterocycles. The first-order valence-corrected chi connectivity index (χ1v) is 10.9. The Balaban J connectivity index is 2.03. The number of unbranched alkanes of at least 4 members (excludes halogenated alkanes) is 1. The normalized spacial score (nSPS) is 13.0. The Labute approximate surface area is 180 Å². The monoisotopic (exact) mass is 413 g/mol. The Morgan fingerprint density at radius 2 is 1.87 bits per heavy atom. The van der Waals surface area contributed by atoms with Crippen LogP contribution < -0.4 is 10.1 Å². The van der Waals surface area contributed by atoms with Gasteiger partial charge >= 0.3 is 0 Å². The predicted octanol–water partition coefficient (Wildman–Crippen LogP) is 4.04. The molecule has 164 valence electrons. The number of benzene rings is 2. The van der Waals surface area contributed by atoms with Crippen LogP contribution in [-0.2, 0) is 11.2 Å². The van der Waals surface area contributed by atoms with Crippen molar-refractivity contribution in [2.24, 2.45) is 0 Å². The van der Waals surface area contributed by atoms with Crippen molar-refractivity contribution >= 4 is 5.78 Å². The molecule has 0 saturated carbocycles. The zero-order chi connectivity index (χ0) is 21.6. The van der Waals surface area contributed by atoms with Crippen LogP contribution in [0.25, 0.3) is 0 Å². The van der Waals surface area contributed by atoms with E-state index in [1.54, 1.807) is 12.1 Å². The third-order valence-electron chi connectivity index (χ3n) is 4.72. The Morgan fingerprint density at radius 1 is 1.07 bits per heavy atom. The van der Waals surface area contributed by atoms with Gasteiger partial charge in [-0.15, -0.1) is 0 Å². The second kappa shape index (κ2) is 13.9. The third-order valence-corrected chi connectivity index (χ3v) is 4.72. The molecule has 0 radical (unpaired) electrons. The van der Waals surface area contributed by atoms with Gasteiger partial charge in [-0.05, 0) is 37.1 Å². The summed E-state index contributed by atoms with van der Waals surface area (Å²) in [6.07, 6.45) is 2.21. The molecule has 0 fully saturated rings. The van der Waals surface area contributed by atoms with Crippen LogP contribution in [0.3, 0.4) is 0 Å². The van der Waals surface area contributed by atoms with Crippen molar-refractivity contribution in [3.8, 4) is 5.75 Å². The molecule has 0 aromatic heterocycles. The third kappa shape index (κ3) is 8.66. The molecule has 2 rings (SSSR count). The van der Waals surface area contributed by atoms with E-state index in [2.05, 4.69) is 19.2 Å². The lowest BCUT2D eigenvalue weighted by Crippen LogP contribution is -2.35. The topological polar surface area (TPSA) is 67.8 Å². The fraction of sp³-hybridized carbons (Fsp3) is 0.480. The molecule has 0 heterocycles. The second-order valence-corrected chi connectivity index (χ2v) is 7.46. The molecule has 0 aliphatic rings. The van der Waals surface area contributed by atoms with Crippen molar-refractivity contribution in [1.82, 2.24) is 5.32 Å². The minimum absolute atomic E-state index is 0.0818. The van der Waals surface area contributed by atoms with Crippen molar-refractivity contribution in [3.63, 3.8) is 0 Å². The average Bonchev–Trinajstić information content (AvgIpc) is 2.78. The van der Waals surface area contributed by atoms with E-state index in [9.17, 15) is 9.90 Å². The van der Waals surface area contributed by atoms with Crippen molar-refractivity contribution in [1.29, 1.82) is 0 Å². The van der Waals surface area contributed by atoms with Crippen LogP contribution in [0, 0.1) is 0 Å². The highest BCUT2D eigenvalue weighted by Gasteiger charge is 2.22. The zero-order valence-corrected chi connectivity index (χ0v) is 18.2. The summed E-state index contributed by atoms with van der Waals surface area (Å²) in [5, 5.41) is 13.5. The van der Waals surface area contributed by atoms with Crippen LogP contribution >= 0.6 is 0 Å². The highest BCUT2D eigenvalue weighted by molar-refractivity contribution is 5.99. The van der Waals surface area contributed by atoms with E-state index >= 15 is 0 Å². The Hall–Kier alpha value is -2.21. The molecule has 2 aromatic carbocycles. The van der Waals surface area contributed by atoms with E-state index in [1.165, 1.54) is 0 Å². The maximum atomic E-state index is 13.1. The number of carbonyl (C=O) groups is 1. The van der Waals surface area contributed by atoms with E-state index in [0.717, 1.165) is 37.1 Å². The van der Waals surface area contributed by atoms with E-state index in [4.69, 9.17) is 9.47 Å². The first-order chi connectivity index (χ1) is 14.6. The van der Waals surface area contributed by atoms with Gasteiger partial charge in [-0.1, -0.05) is 62.7 Å². The van der Waals surface area contributed by atoms with Gasteiger partial charge in [-0.2, -0.15) is 0 Å². The molecule has 0 saturated heterocycles. The maximum Gasteiger partial charge on any atom is 0.191 e. The van der Waals surface area contributed by atoms with Gasteiger partial charge in [-0.25, -0.2) is 0 Å². The molecule has 0 bridgehead atoms. The SMILES string of the molecule is CCCCNCC(O)COC(Cc1cccc(OCCC)c1)C(=O)c1ccccc1. The molecule has 30 heavy (non-hydrogen) atoms. The molecule has 0 amide bonds. The molecule has 2 atom stereocenters. The smallest absolute Gasteiger partial charge is 0.191 e. The first kappa shape index (κ1) is 24.1. The van der Waals surface area contributed by atoms with Crippen molar-refractivity contribution < 1.29 is 19.4 Å². The fourth-order valence-electron chi connectivity index (χ4n) is 3.07. The lowest BCUT2D eigenvalue weighted by molar-refractivity contribution is -0.00166. The number of aliphatic hydroxyl groups excluding tert-OH is 1. The van der Waals surface area contributed by atoms with Gasteiger partial charge in [0.1, 0.15) is 11.9 Å². The van der Waals surface area contributed by atoms with Gasteiger partial charge < -0.3 is 19.9 Å². The highest BCUT2D eigenvalue weighted by Crippen LogP contribution is 2.18. The summed E-state index contributed by atoms with van der Waals surface area (Å²) in [5.41, 5.74) is 1.57. The summed E-state index contributed by atoms with van der Waals surface area (Å²) in [5.74, 6) is 0.710. The van der Waals surface area contributed by atoms with Crippen molar-refractivity contribution in [3.05, 3.63) is 65.7 Å². The van der Waals surface area contributed by atoms with Crippen LogP contribution in [-0.4, -0.2) is 49.4 Å². The molecule has 0 aliphatic carbocycles. The van der Waals surface area contributed by atoms with Gasteiger partial charge in [0.2, 0.25) is 0 Å². The van der Waals surface area contributed by atoms with E-state index in [-0.39, 0.29) is 12.4 Å². The number of hydrogen-bond donors (Lipinski definition) is 2. The summed E-state index contributed by atoms with van der Waals surface area (Å²) in [7, 11) is 0. The van der Waals surface area contributed by atoms with Gasteiger partial charge in [-0.3, -0.25) is 4.79 Å². The molecule has 2 aromatic rings. The minimum atomic E-state index is -0.667. The zero-order valence-electron chi connectivity index (χ0n) is 18.2. The molecule has 0 spiro atoms. The molecule has 2 N–H and O–H groups in total. The van der Waals surface area contributed by atoms with Crippen LogP contribution in [0.5, 0.6) is 5.75 Å². The lowest BCUT2D eigenvalue weighted by atomic mass is 9.99. The Morgan fingerprint density at radius 3 is 2.60 bits per heavy atom. The van der Waals surface area contributed by atoms with Crippen LogP contribution in [0.4, 0.5) is 0 Å². The van der Waals surface area contributed by atoms with E-state index in [1.807, 2.05) is 42.5 Å². The van der Waals surface area contributed by atoms with E-state index in [0.29, 0.717) is 25.1 Å². The Bertz CT molecular complexity index is 735. The number of hydrogen-bond acceptors (Lipinski definition) is 5. The second-order valence-electron chi connectivity index (χ2n) is 7.46. The summed E-state index contributed by atoms with van der Waals surface area (Å²) in [6.45, 7) is 6.27. The number of Topliss-reactive ketones (excluding diaryl/α,β-unsaturated/α-hetero) is 1. The molecule has 5 nitrogen and oxygen atoms in total. The van der Waals surface area contributed by atoms with Crippen LogP contribution in [0.1, 0.15) is 49.0 Å². The number of ketones is 1. The standard InChI is InChI=1S/C25H35NO4/c1-3-5-14-26-18-22(27)19-30-24(25(28)21-11-7-6-8-12-21)17-20-10-9-13-23(16-20)29-15-4-2/h6-13,16,22,24,26-27H,3-5,14-15,17-19H2,1-2H3. The summed E-state index contributed by atoms with van der Waals surface area (Å²) >= 11 is 0. The van der Waals surface area contributed by atoms with Crippen molar-refractivity contribution in [2.45, 2.75) is 51.7 Å². The van der Waals surface area contributed by atoms with Gasteiger partial charge in [0.15, 0.2) is 5.78 Å². The first-order valence-electron chi connectivity index (χ1n) is 10.9. The summed E-state index contributed by atoms with van der Waals surface area (Å²) < 4.78 is 11.6. The number of carbonyl (C=O) groups excluding carboxylic acids is 1. The Kier molecular flexibility index (Phi) is 11.2. The van der Waals surface area contributed by atoms with Gasteiger partial charge in [0.25, 0.3) is 0 Å². The summed E-state index contributed by atoms with van der Waals surface area (Å²) in [6, 6.07) is 16.9. The molecule has 5 heteroatoms. The lowest BCUT2D eigenvalue weighted by Gasteiger charge is -2.20. The molecule has 2 unspecified atom stereocenters. The molecular weight excluding hydrogens is 378 g/mol. The van der Waals surface area contributed by atoms with Gasteiger partial charge in [0, 0.05) is 18.5 Å². The number of aliphatic hydroxyl groups is 1. The highest BCUT2D eigenvalue weighted by atomic mass is 16.5. The fourth-order valence-corrected chi connectivity index (χ4v) is 3.07. The number of nitrogens with one attached hydrogen (secondary N) is 1. The predicted molar refractivity (Wildman–Crippen MR) is 120 cm³/mol. The van der Waals surface area contributed by atoms with Gasteiger partial charge in [0.05, 0.1) is 19.3 Å². The van der Waals surface area contributed by atoms with Crippen LogP contribution in [0.15, 0.2) is 54.6 Å². The van der Waals surface area contributed by atoms with Crippen molar-refractivity contribution in [2.75, 3.05) is 26.3 Å². The van der Waals surface area contributed by atoms with E-state index < -0.39 is 12.2 Å². The largest absolute Gasteiger partial charge is 0.494 e. The molecular formula is C25H35NO4. The quantitative estimate of drug-likeness (QED) is 0.341. The minimum Gasteiger partial charge on any atom is -0.494 e. The summed E-state index contributed by atoms with van der Waals surface area (Å²) in [4.78, 5) is 13.1. The maximum absolute atomic E-state index is 13.1. The average molecular weight is 414 g/mol. The number of rotatable bonds is 15.